The molecule has 0 aliphatic carbocycles. The van der Waals surface area contributed by atoms with Crippen molar-refractivity contribution in [3.63, 3.8) is 0 Å². The molecule has 0 aliphatic rings. The maximum absolute atomic E-state index is 12.6. The molecule has 2 aromatic heterocycles. The maximum atomic E-state index is 12.6. The fourth-order valence-corrected chi connectivity index (χ4v) is 6.04. The van der Waals surface area contributed by atoms with Gasteiger partial charge in [0, 0.05) is 18.8 Å². The highest BCUT2D eigenvalue weighted by atomic mass is 32.2. The Hall–Kier alpha value is -1.86. The zero-order chi connectivity index (χ0) is 19.6. The number of nitrogens with one attached hydrogen (secondary N) is 1. The Balaban J connectivity index is 2.36. The Kier molecular flexibility index (Phi) is 6.13. The number of hydrogen-bond acceptors (Lipinski definition) is 8. The van der Waals surface area contributed by atoms with Gasteiger partial charge in [0.1, 0.15) is 10.3 Å². The van der Waals surface area contributed by atoms with E-state index in [1.807, 2.05) is 0 Å². The van der Waals surface area contributed by atoms with E-state index in [0.717, 1.165) is 18.4 Å². The van der Waals surface area contributed by atoms with Crippen molar-refractivity contribution in [1.29, 1.82) is 0 Å². The van der Waals surface area contributed by atoms with Gasteiger partial charge in [-0.3, -0.25) is 9.59 Å². The summed E-state index contributed by atoms with van der Waals surface area (Å²) in [5.41, 5.74) is 0.636. The number of carbonyl (C=O) groups is 2. The molecule has 26 heavy (non-hydrogen) atoms. The van der Waals surface area contributed by atoms with E-state index in [-0.39, 0.29) is 10.1 Å². The third kappa shape index (κ3) is 4.10. The van der Waals surface area contributed by atoms with Gasteiger partial charge in [-0.25, -0.2) is 13.4 Å². The predicted octanol–water partition coefficient (Wildman–Crippen LogP) is 1.20. The monoisotopic (exact) mass is 419 g/mol. The molecular formula is C14H17N3O6S3. The minimum absolute atomic E-state index is 0.0522. The molecule has 0 aliphatic heterocycles. The Morgan fingerprint density at radius 3 is 2.54 bits per heavy atom. The molecule has 0 radical (unpaired) electrons. The van der Waals surface area contributed by atoms with Crippen molar-refractivity contribution in [3.05, 3.63) is 17.8 Å². The number of amides is 1. The molecule has 0 aromatic carbocycles. The van der Waals surface area contributed by atoms with Crippen LogP contribution in [0.3, 0.4) is 0 Å². The van der Waals surface area contributed by atoms with E-state index in [9.17, 15) is 18.0 Å². The first-order valence-corrected chi connectivity index (χ1v) is 10.3. The summed E-state index contributed by atoms with van der Waals surface area (Å²) >= 11 is 2.17. The minimum atomic E-state index is -4.08. The fraction of sp³-hybridized carbons (Fsp3) is 0.357. The number of aryl methyl sites for hydroxylation is 1. The lowest BCUT2D eigenvalue weighted by Gasteiger charge is -2.21. The minimum Gasteiger partial charge on any atom is -0.480 e. The quantitative estimate of drug-likeness (QED) is 0.613. The molecule has 0 fully saturated rings. The second-order valence-electron chi connectivity index (χ2n) is 5.29. The van der Waals surface area contributed by atoms with Gasteiger partial charge in [0.25, 0.3) is 10.0 Å². The number of hydrogen-bond donors (Lipinski definition) is 3. The molecule has 1 amide bonds. The molecule has 3 N–H and O–H groups in total. The van der Waals surface area contributed by atoms with Crippen LogP contribution in [0.2, 0.25) is 0 Å². The molecule has 0 saturated carbocycles. The van der Waals surface area contributed by atoms with Gasteiger partial charge >= 0.3 is 5.97 Å². The highest BCUT2D eigenvalue weighted by molar-refractivity contribution is 7.91. The van der Waals surface area contributed by atoms with Crippen LogP contribution in [0.25, 0.3) is 9.75 Å². The van der Waals surface area contributed by atoms with Crippen LogP contribution in [0, 0.1) is 6.92 Å². The number of aliphatic hydroxyl groups is 1. The lowest BCUT2D eigenvalue weighted by molar-refractivity contribution is -0.142. The van der Waals surface area contributed by atoms with Crippen LogP contribution < -0.4 is 5.32 Å². The molecule has 0 saturated heterocycles. The number of rotatable bonds is 7. The zero-order valence-corrected chi connectivity index (χ0v) is 16.5. The second kappa shape index (κ2) is 7.80. The molecule has 2 aromatic rings. The third-order valence-corrected chi connectivity index (χ3v) is 8.09. The first-order chi connectivity index (χ1) is 12.1. The topological polar surface area (TPSA) is 137 Å². The average molecular weight is 420 g/mol. The van der Waals surface area contributed by atoms with Gasteiger partial charge in [0.05, 0.1) is 17.2 Å². The van der Waals surface area contributed by atoms with Crippen molar-refractivity contribution >= 4 is 49.7 Å². The molecule has 12 heteroatoms. The van der Waals surface area contributed by atoms with E-state index in [2.05, 4.69) is 10.3 Å². The SMILES string of the molecule is CC(=O)Nc1nc(C)c(-c2ccc(S(=O)(=O)N(C)[C@@H](CO)C(=O)O)s2)s1. The van der Waals surface area contributed by atoms with Crippen molar-refractivity contribution in [2.45, 2.75) is 24.1 Å². The number of likely N-dealkylation sites (N-methyl/N-ethyl adjacent to an activating group) is 1. The first-order valence-electron chi connectivity index (χ1n) is 7.24. The zero-order valence-electron chi connectivity index (χ0n) is 14.1. The number of thiophene rings is 1. The van der Waals surface area contributed by atoms with Gasteiger partial charge in [-0.1, -0.05) is 11.3 Å². The number of nitrogens with zero attached hydrogens (tertiary/aromatic N) is 2. The van der Waals surface area contributed by atoms with E-state index in [4.69, 9.17) is 10.2 Å². The number of aliphatic hydroxyl groups excluding tert-OH is 1. The summed E-state index contributed by atoms with van der Waals surface area (Å²) in [5, 5.41) is 21.2. The summed E-state index contributed by atoms with van der Waals surface area (Å²) in [6, 6.07) is 1.40. The van der Waals surface area contributed by atoms with Crippen LogP contribution in [0.15, 0.2) is 16.3 Å². The number of aliphatic carboxylic acids is 1. The van der Waals surface area contributed by atoms with E-state index < -0.39 is 28.6 Å². The van der Waals surface area contributed by atoms with Crippen molar-refractivity contribution < 1.29 is 28.2 Å². The summed E-state index contributed by atoms with van der Waals surface area (Å²) in [6.45, 7) is 2.27. The Morgan fingerprint density at radius 1 is 1.35 bits per heavy atom. The molecular weight excluding hydrogens is 402 g/mol. The van der Waals surface area contributed by atoms with Gasteiger partial charge in [-0.05, 0) is 19.1 Å². The van der Waals surface area contributed by atoms with Gasteiger partial charge < -0.3 is 15.5 Å². The number of carboxylic acids is 1. The predicted molar refractivity (Wildman–Crippen MR) is 97.9 cm³/mol. The van der Waals surface area contributed by atoms with E-state index in [1.165, 1.54) is 24.3 Å². The first kappa shape index (κ1) is 20.5. The molecule has 9 nitrogen and oxygen atoms in total. The van der Waals surface area contributed by atoms with Gasteiger partial charge in [-0.15, -0.1) is 11.3 Å². The van der Waals surface area contributed by atoms with E-state index in [0.29, 0.717) is 24.9 Å². The highest BCUT2D eigenvalue weighted by Gasteiger charge is 2.33. The largest absolute Gasteiger partial charge is 0.480 e. The third-order valence-electron chi connectivity index (χ3n) is 3.41. The van der Waals surface area contributed by atoms with Crippen LogP contribution in [0.1, 0.15) is 12.6 Å². The second-order valence-corrected chi connectivity index (χ2v) is 9.60. The van der Waals surface area contributed by atoms with Crippen LogP contribution >= 0.6 is 22.7 Å². The van der Waals surface area contributed by atoms with Gasteiger partial charge in [0.15, 0.2) is 5.13 Å². The lowest BCUT2D eigenvalue weighted by Crippen LogP contribution is -2.44. The summed E-state index contributed by atoms with van der Waals surface area (Å²) in [4.78, 5) is 27.8. The fourth-order valence-electron chi connectivity index (χ4n) is 2.07. The molecule has 2 rings (SSSR count). The highest BCUT2D eigenvalue weighted by Crippen LogP contribution is 2.38. The standard InChI is InChI=1S/C14H17N3O6S3/c1-7-12(25-14(15-7)16-8(2)19)10-4-5-11(24-10)26(22,23)17(3)9(6-18)13(20)21/h4-5,9,18H,6H2,1-3H3,(H,20,21)(H,15,16,19)/t9-/m0/s1. The summed E-state index contributed by atoms with van der Waals surface area (Å²) < 4.78 is 25.8. The van der Waals surface area contributed by atoms with Crippen molar-refractivity contribution in [2.75, 3.05) is 19.0 Å². The number of carbonyl (C=O) groups excluding carboxylic acids is 1. The molecule has 0 unspecified atom stereocenters. The summed E-state index contributed by atoms with van der Waals surface area (Å²) in [7, 11) is -2.97. The van der Waals surface area contributed by atoms with Gasteiger partial charge in [0.2, 0.25) is 5.91 Å². The molecule has 0 spiro atoms. The van der Waals surface area contributed by atoms with E-state index in [1.54, 1.807) is 13.0 Å². The summed E-state index contributed by atoms with van der Waals surface area (Å²) in [6.07, 6.45) is 0. The van der Waals surface area contributed by atoms with Crippen LogP contribution in [0.4, 0.5) is 5.13 Å². The smallest absolute Gasteiger partial charge is 0.324 e. The molecule has 142 valence electrons. The lowest BCUT2D eigenvalue weighted by atomic mass is 10.3. The summed E-state index contributed by atoms with van der Waals surface area (Å²) in [5.74, 6) is -1.70. The Morgan fingerprint density at radius 2 is 2.00 bits per heavy atom. The van der Waals surface area contributed by atoms with Crippen molar-refractivity contribution in [3.8, 4) is 9.75 Å². The number of carboxylic acid groups (broad SMARTS) is 1. The van der Waals surface area contributed by atoms with Gasteiger partial charge in [-0.2, -0.15) is 4.31 Å². The number of aromatic nitrogens is 1. The van der Waals surface area contributed by atoms with Crippen molar-refractivity contribution in [2.24, 2.45) is 0 Å². The Labute approximate surface area is 158 Å². The normalized spacial score (nSPS) is 13.0. The number of thiazole rings is 1. The Bertz CT molecular complexity index is 934. The van der Waals surface area contributed by atoms with Crippen molar-refractivity contribution in [1.82, 2.24) is 9.29 Å². The molecule has 2 heterocycles. The van der Waals surface area contributed by atoms with Crippen LogP contribution in [-0.4, -0.2) is 59.5 Å². The molecule has 1 atom stereocenters. The van der Waals surface area contributed by atoms with Crippen LogP contribution in [-0.2, 0) is 19.6 Å². The number of anilines is 1. The average Bonchev–Trinajstić information content (AvgIpc) is 3.13. The van der Waals surface area contributed by atoms with Crippen LogP contribution in [0.5, 0.6) is 0 Å². The number of sulfonamides is 1. The van der Waals surface area contributed by atoms with E-state index >= 15 is 0 Å². The maximum Gasteiger partial charge on any atom is 0.324 e. The molecule has 0 bridgehead atoms.